The lowest BCUT2D eigenvalue weighted by Crippen LogP contribution is -2.37. The van der Waals surface area contributed by atoms with Gasteiger partial charge in [-0.1, -0.05) is 0 Å². The molecule has 0 bridgehead atoms. The molecule has 0 fully saturated rings. The molecule has 0 spiro atoms. The second-order valence-electron chi connectivity index (χ2n) is 5.81. The number of carbonyl (C=O) groups excluding carboxylic acids is 3. The minimum atomic E-state index is -1.25. The van der Waals surface area contributed by atoms with E-state index in [0.717, 1.165) is 4.90 Å². The van der Waals surface area contributed by atoms with E-state index in [1.54, 1.807) is 0 Å². The summed E-state index contributed by atoms with van der Waals surface area (Å²) >= 11 is 0. The van der Waals surface area contributed by atoms with Gasteiger partial charge in [0.05, 0.1) is 19.5 Å². The Bertz CT molecular complexity index is 559. The molecule has 0 radical (unpaired) electrons. The monoisotopic (exact) mass is 405 g/mol. The van der Waals surface area contributed by atoms with Crippen LogP contribution in [0.4, 0.5) is 0 Å². The third-order valence-corrected chi connectivity index (χ3v) is 3.40. The van der Waals surface area contributed by atoms with Crippen LogP contribution in [0.3, 0.4) is 0 Å². The average Bonchev–Trinajstić information content (AvgIpc) is 2.56. The molecule has 0 amide bonds. The van der Waals surface area contributed by atoms with Gasteiger partial charge in [0, 0.05) is 19.3 Å². The van der Waals surface area contributed by atoms with Crippen LogP contribution in [0.2, 0.25) is 0 Å². The number of nitrogens with zero attached hydrogens (tertiary/aromatic N) is 1. The van der Waals surface area contributed by atoms with Crippen LogP contribution in [0, 0.1) is 5.92 Å². The van der Waals surface area contributed by atoms with E-state index in [1.807, 2.05) is 0 Å². The Hall–Kier alpha value is -3.02. The van der Waals surface area contributed by atoms with Gasteiger partial charge in [0.25, 0.3) is 0 Å². The van der Waals surface area contributed by atoms with Crippen LogP contribution in [0.1, 0.15) is 32.1 Å². The fourth-order valence-corrected chi connectivity index (χ4v) is 2.18. The number of carbonyl (C=O) groups is 6. The molecule has 0 aliphatic rings. The normalized spacial score (nSPS) is 10.5. The van der Waals surface area contributed by atoms with E-state index in [1.165, 1.54) is 0 Å². The first kappa shape index (κ1) is 25.0. The Morgan fingerprint density at radius 1 is 0.857 bits per heavy atom. The first-order chi connectivity index (χ1) is 13.1. The zero-order valence-electron chi connectivity index (χ0n) is 15.1. The summed E-state index contributed by atoms with van der Waals surface area (Å²) in [5, 5.41) is 26.5. The number of esters is 2. The van der Waals surface area contributed by atoms with Gasteiger partial charge in [-0.2, -0.15) is 0 Å². The van der Waals surface area contributed by atoms with E-state index in [9.17, 15) is 28.8 Å². The molecule has 0 unspecified atom stereocenters. The van der Waals surface area contributed by atoms with Gasteiger partial charge in [0.1, 0.15) is 6.29 Å². The number of carboxylic acids is 3. The third-order valence-electron chi connectivity index (χ3n) is 3.40. The summed E-state index contributed by atoms with van der Waals surface area (Å²) in [6.07, 6.45) is -0.449. The predicted octanol–water partition coefficient (Wildman–Crippen LogP) is -0.648. The Morgan fingerprint density at radius 3 is 1.93 bits per heavy atom. The Morgan fingerprint density at radius 2 is 1.43 bits per heavy atom. The van der Waals surface area contributed by atoms with Crippen molar-refractivity contribution >= 4 is 36.1 Å². The summed E-state index contributed by atoms with van der Waals surface area (Å²) in [6, 6.07) is 0. The van der Waals surface area contributed by atoms with Crippen LogP contribution in [0.15, 0.2) is 0 Å². The maximum Gasteiger partial charge on any atom is 0.323 e. The molecule has 0 aromatic carbocycles. The molecule has 158 valence electrons. The highest BCUT2D eigenvalue weighted by Gasteiger charge is 2.21. The molecular weight excluding hydrogens is 382 g/mol. The number of carboxylic acid groups (broad SMARTS) is 3. The molecule has 0 aliphatic heterocycles. The lowest BCUT2D eigenvalue weighted by Gasteiger charge is -2.21. The standard InChI is InChI=1S/C16H23NO11/c18-5-1-2-15(25)27-10-28-16(26)9-17(8-14(23)24)4-3-11(6-12(19)20)7-13(21)22/h5,11H,1-4,6-10H2,(H,19,20)(H,21,22)(H,23,24). The van der Waals surface area contributed by atoms with Crippen molar-refractivity contribution < 1.29 is 53.6 Å². The molecule has 3 N–H and O–H groups in total. The van der Waals surface area contributed by atoms with E-state index in [0.29, 0.717) is 6.29 Å². The van der Waals surface area contributed by atoms with Crippen LogP contribution in [-0.4, -0.2) is 82.8 Å². The first-order valence-corrected chi connectivity index (χ1v) is 8.26. The summed E-state index contributed by atoms with van der Waals surface area (Å²) in [5.41, 5.74) is 0. The summed E-state index contributed by atoms with van der Waals surface area (Å²) < 4.78 is 9.20. The first-order valence-electron chi connectivity index (χ1n) is 8.26. The summed E-state index contributed by atoms with van der Waals surface area (Å²) in [6.45, 7) is -1.78. The number of rotatable bonds is 16. The Kier molecular flexibility index (Phi) is 12.6. The molecule has 0 aromatic rings. The van der Waals surface area contributed by atoms with Crippen molar-refractivity contribution in [2.45, 2.75) is 32.1 Å². The van der Waals surface area contributed by atoms with Crippen LogP contribution in [-0.2, 0) is 38.2 Å². The number of aliphatic carboxylic acids is 3. The van der Waals surface area contributed by atoms with Crippen molar-refractivity contribution in [2.75, 3.05) is 26.4 Å². The van der Waals surface area contributed by atoms with Crippen molar-refractivity contribution in [1.82, 2.24) is 4.90 Å². The van der Waals surface area contributed by atoms with Gasteiger partial charge >= 0.3 is 29.8 Å². The third kappa shape index (κ3) is 14.2. The largest absolute Gasteiger partial charge is 0.481 e. The Balaban J connectivity index is 4.54. The minimum Gasteiger partial charge on any atom is -0.481 e. The van der Waals surface area contributed by atoms with E-state index >= 15 is 0 Å². The number of hydrogen-bond donors (Lipinski definition) is 3. The lowest BCUT2D eigenvalue weighted by atomic mass is 9.97. The van der Waals surface area contributed by atoms with Gasteiger partial charge in [-0.15, -0.1) is 0 Å². The predicted molar refractivity (Wildman–Crippen MR) is 89.0 cm³/mol. The van der Waals surface area contributed by atoms with Crippen molar-refractivity contribution in [3.05, 3.63) is 0 Å². The smallest absolute Gasteiger partial charge is 0.323 e. The maximum atomic E-state index is 11.7. The molecule has 0 aliphatic carbocycles. The SMILES string of the molecule is O=CCCC(=O)OCOC(=O)CN(CCC(CC(=O)O)CC(=O)O)CC(=O)O. The highest BCUT2D eigenvalue weighted by atomic mass is 16.7. The molecule has 28 heavy (non-hydrogen) atoms. The minimum absolute atomic E-state index is 0.0347. The lowest BCUT2D eigenvalue weighted by molar-refractivity contribution is -0.168. The summed E-state index contributed by atoms with van der Waals surface area (Å²) in [4.78, 5) is 66.7. The molecular formula is C16H23NO11. The van der Waals surface area contributed by atoms with Crippen molar-refractivity contribution in [3.8, 4) is 0 Å². The second-order valence-corrected chi connectivity index (χ2v) is 5.81. The van der Waals surface area contributed by atoms with Gasteiger partial charge in [-0.05, 0) is 18.9 Å². The average molecular weight is 405 g/mol. The quantitative estimate of drug-likeness (QED) is 0.168. The van der Waals surface area contributed by atoms with Gasteiger partial charge < -0.3 is 29.6 Å². The van der Waals surface area contributed by atoms with Gasteiger partial charge in [0.15, 0.2) is 0 Å². The number of ether oxygens (including phenoxy) is 2. The number of aldehydes is 1. The fraction of sp³-hybridized carbons (Fsp3) is 0.625. The molecule has 0 atom stereocenters. The van der Waals surface area contributed by atoms with Crippen LogP contribution < -0.4 is 0 Å². The van der Waals surface area contributed by atoms with Crippen molar-refractivity contribution in [3.63, 3.8) is 0 Å². The highest BCUT2D eigenvalue weighted by Crippen LogP contribution is 2.14. The molecule has 0 saturated heterocycles. The van der Waals surface area contributed by atoms with E-state index in [4.69, 9.17) is 15.3 Å². The molecule has 0 aromatic heterocycles. The van der Waals surface area contributed by atoms with Gasteiger partial charge in [-0.25, -0.2) is 0 Å². The second kappa shape index (κ2) is 14.1. The van der Waals surface area contributed by atoms with Crippen LogP contribution in [0.5, 0.6) is 0 Å². The Labute approximate surface area is 160 Å². The number of hydrogen-bond acceptors (Lipinski definition) is 9. The zero-order chi connectivity index (χ0) is 21.5. The van der Waals surface area contributed by atoms with E-state index < -0.39 is 68.5 Å². The van der Waals surface area contributed by atoms with Gasteiger partial charge in [0.2, 0.25) is 6.79 Å². The van der Waals surface area contributed by atoms with Crippen LogP contribution >= 0.6 is 0 Å². The van der Waals surface area contributed by atoms with Crippen LogP contribution in [0.25, 0.3) is 0 Å². The highest BCUT2D eigenvalue weighted by molar-refractivity contribution is 5.75. The topological polar surface area (TPSA) is 185 Å². The molecule has 12 heteroatoms. The molecule has 12 nitrogen and oxygen atoms in total. The summed E-state index contributed by atoms with van der Waals surface area (Å²) in [7, 11) is 0. The maximum absolute atomic E-state index is 11.7. The zero-order valence-corrected chi connectivity index (χ0v) is 15.1. The molecule has 0 heterocycles. The molecule has 0 rings (SSSR count). The van der Waals surface area contributed by atoms with E-state index in [-0.39, 0.29) is 25.8 Å². The van der Waals surface area contributed by atoms with E-state index in [2.05, 4.69) is 9.47 Å². The molecule has 0 saturated carbocycles. The van der Waals surface area contributed by atoms with Gasteiger partial charge in [-0.3, -0.25) is 28.9 Å². The van der Waals surface area contributed by atoms with Crippen molar-refractivity contribution in [2.24, 2.45) is 5.92 Å². The van der Waals surface area contributed by atoms with Crippen molar-refractivity contribution in [1.29, 1.82) is 0 Å². The fourth-order valence-electron chi connectivity index (χ4n) is 2.18. The summed E-state index contributed by atoms with van der Waals surface area (Å²) in [5.74, 6) is -5.99.